The Kier molecular flexibility index (Phi) is 11.3. The Morgan fingerprint density at radius 3 is 2.55 bits per heavy atom. The Morgan fingerprint density at radius 1 is 1.23 bits per heavy atom. The fraction of sp³-hybridized carbons (Fsp3) is 0.952. The number of carbonyl (C=O) groups excluding carboxylic acids is 1. The van der Waals surface area contributed by atoms with Gasteiger partial charge in [0.25, 0.3) is 0 Å². The second-order valence-electron chi connectivity index (χ2n) is 9.07. The van der Waals surface area contributed by atoms with E-state index in [1.165, 1.54) is 11.8 Å². The number of carbonyl (C=O) groups is 1. The van der Waals surface area contributed by atoms with Crippen molar-refractivity contribution >= 4 is 29.3 Å². The lowest BCUT2D eigenvalue weighted by Gasteiger charge is -2.44. The van der Waals surface area contributed by atoms with E-state index in [1.807, 2.05) is 0 Å². The fourth-order valence-electron chi connectivity index (χ4n) is 4.41. The summed E-state index contributed by atoms with van der Waals surface area (Å²) in [6.45, 7) is 3.58. The van der Waals surface area contributed by atoms with Gasteiger partial charge in [0.1, 0.15) is 29.9 Å². The summed E-state index contributed by atoms with van der Waals surface area (Å²) in [5.41, 5.74) is -0.711. The molecule has 1 amide bonds. The number of nitrogens with one attached hydrogen (secondary N) is 2. The molecule has 0 aromatic rings. The molecule has 3 unspecified atom stereocenters. The van der Waals surface area contributed by atoms with Gasteiger partial charge in [0.05, 0.1) is 17.5 Å². The average molecular weight is 482 g/mol. The highest BCUT2D eigenvalue weighted by Gasteiger charge is 2.48. The van der Waals surface area contributed by atoms with Crippen LogP contribution in [0.15, 0.2) is 0 Å². The Bertz CT molecular complexity index is 557. The summed E-state index contributed by atoms with van der Waals surface area (Å²) >= 11 is 7.59. The summed E-state index contributed by atoms with van der Waals surface area (Å²) in [5, 5.41) is 36.6. The zero-order valence-electron chi connectivity index (χ0n) is 19.0. The highest BCUT2D eigenvalue weighted by Crippen LogP contribution is 2.30. The Labute approximate surface area is 195 Å². The monoisotopic (exact) mass is 481 g/mol. The minimum atomic E-state index is -1.37. The summed E-state index contributed by atoms with van der Waals surface area (Å²) in [5.74, 6) is 0.430. The number of halogens is 1. The zero-order chi connectivity index (χ0) is 23.1. The van der Waals surface area contributed by atoms with Gasteiger partial charge in [-0.2, -0.15) is 0 Å². The van der Waals surface area contributed by atoms with E-state index in [1.54, 1.807) is 13.2 Å². The van der Waals surface area contributed by atoms with Gasteiger partial charge in [-0.25, -0.2) is 0 Å². The number of hydrogen-bond acceptors (Lipinski definition) is 8. The molecule has 2 saturated heterocycles. The summed E-state index contributed by atoms with van der Waals surface area (Å²) in [6, 6.07) is -1.04. The molecule has 0 aliphatic carbocycles. The van der Waals surface area contributed by atoms with E-state index < -0.39 is 41.3 Å². The predicted molar refractivity (Wildman–Crippen MR) is 124 cm³/mol. The molecular formula is C21H40ClN3O5S. The normalized spacial score (nSPS) is 36.6. The number of aliphatic hydroxyl groups is 3. The van der Waals surface area contributed by atoms with E-state index in [0.717, 1.165) is 45.2 Å². The molecule has 9 atom stereocenters. The first-order valence-corrected chi connectivity index (χ1v) is 12.9. The molecule has 31 heavy (non-hydrogen) atoms. The van der Waals surface area contributed by atoms with E-state index in [0.29, 0.717) is 5.92 Å². The standard InChI is InChI=1S/C21H40ClN3O5S/c1-12(22)15(19-17(27)16(26)18(28)21(30-19)31-4)24-20(29)14-8-7-13(9-10-23-14)6-5-11-25(2)3/h12-19,21,23,26-28H,5-11H2,1-4H3,(H,24,29)/t12-,13-,14-,15+,16?,17?,18+,19+,21?/m0/s1. The van der Waals surface area contributed by atoms with Gasteiger partial charge in [-0.1, -0.05) is 0 Å². The lowest BCUT2D eigenvalue weighted by atomic mass is 9.92. The maximum Gasteiger partial charge on any atom is 0.237 e. The number of amides is 1. The maximum atomic E-state index is 13.0. The van der Waals surface area contributed by atoms with Gasteiger partial charge in [0, 0.05) is 0 Å². The van der Waals surface area contributed by atoms with E-state index >= 15 is 0 Å². The van der Waals surface area contributed by atoms with Gasteiger partial charge in [0.2, 0.25) is 5.91 Å². The molecule has 0 bridgehead atoms. The number of thioether (sulfide) groups is 1. The van der Waals surface area contributed by atoms with Crippen LogP contribution >= 0.6 is 23.4 Å². The van der Waals surface area contributed by atoms with Gasteiger partial charge >= 0.3 is 0 Å². The van der Waals surface area contributed by atoms with Gasteiger partial charge in [-0.3, -0.25) is 4.79 Å². The van der Waals surface area contributed by atoms with Crippen LogP contribution in [0.3, 0.4) is 0 Å². The molecular weight excluding hydrogens is 442 g/mol. The Balaban J connectivity index is 1.96. The molecule has 2 heterocycles. The van der Waals surface area contributed by atoms with Crippen LogP contribution in [-0.2, 0) is 9.53 Å². The number of rotatable bonds is 9. The van der Waals surface area contributed by atoms with Crippen molar-refractivity contribution in [3.05, 3.63) is 0 Å². The number of ether oxygens (including phenoxy) is 1. The highest BCUT2D eigenvalue weighted by molar-refractivity contribution is 7.99. The van der Waals surface area contributed by atoms with E-state index in [2.05, 4.69) is 29.6 Å². The molecule has 0 spiro atoms. The van der Waals surface area contributed by atoms with Crippen LogP contribution in [0.25, 0.3) is 0 Å². The van der Waals surface area contributed by atoms with Crippen molar-refractivity contribution < 1.29 is 24.9 Å². The van der Waals surface area contributed by atoms with Crippen molar-refractivity contribution in [3.8, 4) is 0 Å². The fourth-order valence-corrected chi connectivity index (χ4v) is 5.29. The van der Waals surface area contributed by atoms with Crippen LogP contribution in [0, 0.1) is 5.92 Å². The van der Waals surface area contributed by atoms with Crippen LogP contribution < -0.4 is 10.6 Å². The molecule has 0 aromatic heterocycles. The van der Waals surface area contributed by atoms with Gasteiger partial charge in [-0.15, -0.1) is 23.4 Å². The second kappa shape index (κ2) is 12.9. The summed E-state index contributed by atoms with van der Waals surface area (Å²) < 4.78 is 5.83. The number of nitrogens with zero attached hydrogens (tertiary/aromatic N) is 1. The predicted octanol–water partition coefficient (Wildman–Crippen LogP) is 0.369. The number of alkyl halides is 1. The van der Waals surface area contributed by atoms with Crippen LogP contribution in [0.4, 0.5) is 0 Å². The van der Waals surface area contributed by atoms with Crippen molar-refractivity contribution in [3.63, 3.8) is 0 Å². The van der Waals surface area contributed by atoms with Crippen molar-refractivity contribution in [2.24, 2.45) is 5.92 Å². The van der Waals surface area contributed by atoms with Crippen LogP contribution in [0.1, 0.15) is 39.0 Å². The molecule has 0 saturated carbocycles. The summed E-state index contributed by atoms with van der Waals surface area (Å²) in [7, 11) is 4.16. The molecule has 0 aromatic carbocycles. The molecule has 182 valence electrons. The molecule has 2 aliphatic rings. The third-order valence-corrected chi connectivity index (χ3v) is 7.46. The van der Waals surface area contributed by atoms with Gasteiger partial charge < -0.3 is 35.6 Å². The Hall–Kier alpha value is -0.130. The first-order valence-electron chi connectivity index (χ1n) is 11.2. The lowest BCUT2D eigenvalue weighted by Crippen LogP contribution is -2.65. The van der Waals surface area contributed by atoms with Crippen molar-refractivity contribution in [2.45, 2.75) is 86.3 Å². The smallest absolute Gasteiger partial charge is 0.237 e. The average Bonchev–Trinajstić information content (AvgIpc) is 2.96. The number of aliphatic hydroxyl groups excluding tert-OH is 3. The van der Waals surface area contributed by atoms with E-state index in [4.69, 9.17) is 16.3 Å². The highest BCUT2D eigenvalue weighted by atomic mass is 35.5. The minimum absolute atomic E-state index is 0.177. The van der Waals surface area contributed by atoms with Crippen molar-refractivity contribution in [2.75, 3.05) is 33.4 Å². The molecule has 2 rings (SSSR count). The molecule has 8 nitrogen and oxygen atoms in total. The molecule has 5 N–H and O–H groups in total. The first-order chi connectivity index (χ1) is 14.6. The molecule has 0 radical (unpaired) electrons. The summed E-state index contributed by atoms with van der Waals surface area (Å²) in [6.07, 6.45) is 1.99. The van der Waals surface area contributed by atoms with Crippen LogP contribution in [-0.4, -0.2) is 107 Å². The van der Waals surface area contributed by atoms with Crippen molar-refractivity contribution in [1.29, 1.82) is 0 Å². The first kappa shape index (κ1) is 27.1. The lowest BCUT2D eigenvalue weighted by molar-refractivity contribution is -0.205. The maximum absolute atomic E-state index is 13.0. The molecule has 10 heteroatoms. The van der Waals surface area contributed by atoms with E-state index in [-0.39, 0.29) is 11.9 Å². The third kappa shape index (κ3) is 7.71. The zero-order valence-corrected chi connectivity index (χ0v) is 20.6. The Morgan fingerprint density at radius 2 is 1.94 bits per heavy atom. The van der Waals surface area contributed by atoms with E-state index in [9.17, 15) is 20.1 Å². The second-order valence-corrected chi connectivity index (χ2v) is 10.7. The molecule has 2 aliphatic heterocycles. The SMILES string of the molecule is CSC1O[C@H]([C@H](NC(=O)[C@@H]2CC[C@H](CCCN(C)C)CCN2)[C@H](C)Cl)C(O)C(O)[C@H]1O. The van der Waals surface area contributed by atoms with Crippen LogP contribution in [0.2, 0.25) is 0 Å². The quantitative estimate of drug-likeness (QED) is 0.300. The largest absolute Gasteiger partial charge is 0.388 e. The molecule has 2 fully saturated rings. The topological polar surface area (TPSA) is 114 Å². The third-order valence-electron chi connectivity index (χ3n) is 6.34. The summed E-state index contributed by atoms with van der Waals surface area (Å²) in [4.78, 5) is 15.2. The van der Waals surface area contributed by atoms with Crippen LogP contribution in [0.5, 0.6) is 0 Å². The number of hydrogen-bond donors (Lipinski definition) is 5. The van der Waals surface area contributed by atoms with Crippen molar-refractivity contribution in [1.82, 2.24) is 15.5 Å². The minimum Gasteiger partial charge on any atom is -0.388 e. The van der Waals surface area contributed by atoms with Gasteiger partial charge in [-0.05, 0) is 78.4 Å². The van der Waals surface area contributed by atoms with Gasteiger partial charge in [0.15, 0.2) is 0 Å².